The van der Waals surface area contributed by atoms with Gasteiger partial charge in [0.1, 0.15) is 0 Å². The van der Waals surface area contributed by atoms with Crippen molar-refractivity contribution in [1.29, 1.82) is 0 Å². The van der Waals surface area contributed by atoms with E-state index in [4.69, 9.17) is 0 Å². The van der Waals surface area contributed by atoms with Crippen LogP contribution in [0.15, 0.2) is 30.0 Å². The molecule has 1 aromatic rings. The van der Waals surface area contributed by atoms with E-state index in [0.717, 1.165) is 5.69 Å². The number of aromatic nitrogens is 2. The molecule has 1 aliphatic carbocycles. The monoisotopic (exact) mass is 216 g/mol. The van der Waals surface area contributed by atoms with E-state index in [1.165, 1.54) is 18.4 Å². The van der Waals surface area contributed by atoms with Gasteiger partial charge < -0.3 is 0 Å². The fraction of sp³-hybridized carbons (Fsp3) is 0.500. The van der Waals surface area contributed by atoms with E-state index in [9.17, 15) is 0 Å². The van der Waals surface area contributed by atoms with Gasteiger partial charge >= 0.3 is 0 Å². The average molecular weight is 216 g/mol. The zero-order chi connectivity index (χ0) is 11.6. The predicted octanol–water partition coefficient (Wildman–Crippen LogP) is 3.81. The molecule has 1 aromatic heterocycles. The van der Waals surface area contributed by atoms with E-state index >= 15 is 0 Å². The van der Waals surface area contributed by atoms with Crippen molar-refractivity contribution in [3.63, 3.8) is 0 Å². The van der Waals surface area contributed by atoms with Gasteiger partial charge in [-0.1, -0.05) is 31.6 Å². The fourth-order valence-corrected chi connectivity index (χ4v) is 2.54. The molecule has 1 unspecified atom stereocenters. The summed E-state index contributed by atoms with van der Waals surface area (Å²) in [6.07, 6.45) is 11.1. The molecule has 1 N–H and O–H groups in total. The zero-order valence-electron chi connectivity index (χ0n) is 10.3. The van der Waals surface area contributed by atoms with Gasteiger partial charge in [-0.15, -0.1) is 0 Å². The number of hydrogen-bond donors (Lipinski definition) is 1. The summed E-state index contributed by atoms with van der Waals surface area (Å²) in [6.45, 7) is 6.94. The first-order valence-corrected chi connectivity index (χ1v) is 5.94. The lowest BCUT2D eigenvalue weighted by Crippen LogP contribution is -2.26. The molecular formula is C14H20N2. The van der Waals surface area contributed by atoms with Crippen LogP contribution in [0.5, 0.6) is 0 Å². The summed E-state index contributed by atoms with van der Waals surface area (Å²) in [5.74, 6) is 0.540. The first-order valence-electron chi connectivity index (χ1n) is 5.94. The molecule has 1 heterocycles. The van der Waals surface area contributed by atoms with E-state index in [0.29, 0.717) is 11.3 Å². The van der Waals surface area contributed by atoms with Gasteiger partial charge in [0.15, 0.2) is 0 Å². The van der Waals surface area contributed by atoms with Gasteiger partial charge in [-0.25, -0.2) is 0 Å². The van der Waals surface area contributed by atoms with Crippen LogP contribution in [0, 0.1) is 11.3 Å². The van der Waals surface area contributed by atoms with Crippen LogP contribution in [0.1, 0.15) is 39.3 Å². The molecule has 0 saturated heterocycles. The fourth-order valence-electron chi connectivity index (χ4n) is 2.54. The van der Waals surface area contributed by atoms with Crippen LogP contribution in [-0.4, -0.2) is 10.2 Å². The van der Waals surface area contributed by atoms with Crippen molar-refractivity contribution in [3.05, 3.63) is 35.7 Å². The minimum absolute atomic E-state index is 0.367. The molecule has 0 spiro atoms. The third-order valence-corrected chi connectivity index (χ3v) is 3.57. The molecule has 0 bridgehead atoms. The minimum atomic E-state index is 0.367. The Hall–Kier alpha value is -1.31. The Morgan fingerprint density at radius 3 is 2.94 bits per heavy atom. The Labute approximate surface area is 97.5 Å². The number of aromatic amines is 1. The zero-order valence-corrected chi connectivity index (χ0v) is 10.3. The molecule has 2 heteroatoms. The Morgan fingerprint density at radius 1 is 1.50 bits per heavy atom. The van der Waals surface area contributed by atoms with Crippen molar-refractivity contribution >= 4 is 6.08 Å². The normalized spacial score (nSPS) is 24.7. The topological polar surface area (TPSA) is 28.7 Å². The van der Waals surface area contributed by atoms with Gasteiger partial charge in [0, 0.05) is 12.1 Å². The van der Waals surface area contributed by atoms with E-state index < -0.39 is 0 Å². The summed E-state index contributed by atoms with van der Waals surface area (Å²) >= 11 is 0. The van der Waals surface area contributed by atoms with Crippen LogP contribution in [-0.2, 0) is 0 Å². The lowest BCUT2D eigenvalue weighted by molar-refractivity contribution is 0.256. The summed E-state index contributed by atoms with van der Waals surface area (Å²) in [5, 5.41) is 6.98. The highest BCUT2D eigenvalue weighted by Gasteiger charge is 2.30. The molecule has 0 aromatic carbocycles. The second kappa shape index (κ2) is 4.28. The van der Waals surface area contributed by atoms with Crippen LogP contribution in [0.3, 0.4) is 0 Å². The van der Waals surface area contributed by atoms with E-state index in [1.54, 1.807) is 0 Å². The number of rotatable bonds is 2. The smallest absolute Gasteiger partial charge is 0.0845 e. The van der Waals surface area contributed by atoms with Gasteiger partial charge in [0.05, 0.1) is 5.69 Å². The molecule has 1 aliphatic rings. The Bertz CT molecular complexity index is 396. The summed E-state index contributed by atoms with van der Waals surface area (Å²) in [7, 11) is 0. The van der Waals surface area contributed by atoms with Crippen molar-refractivity contribution in [3.8, 4) is 0 Å². The van der Waals surface area contributed by atoms with Crippen molar-refractivity contribution in [2.24, 2.45) is 11.3 Å². The van der Waals surface area contributed by atoms with Crippen molar-refractivity contribution in [2.75, 3.05) is 0 Å². The van der Waals surface area contributed by atoms with Crippen LogP contribution < -0.4 is 0 Å². The minimum Gasteiger partial charge on any atom is -0.285 e. The first-order chi connectivity index (χ1) is 7.59. The third-order valence-electron chi connectivity index (χ3n) is 3.57. The van der Waals surface area contributed by atoms with Gasteiger partial charge in [0.2, 0.25) is 0 Å². The molecule has 16 heavy (non-hydrogen) atoms. The Morgan fingerprint density at radius 2 is 2.31 bits per heavy atom. The summed E-state index contributed by atoms with van der Waals surface area (Å²) in [6, 6.07) is 1.99. The highest BCUT2D eigenvalue weighted by molar-refractivity contribution is 5.45. The number of nitrogens with one attached hydrogen (secondary N) is 1. The van der Waals surface area contributed by atoms with Crippen LogP contribution in [0.2, 0.25) is 0 Å². The Balaban J connectivity index is 2.19. The van der Waals surface area contributed by atoms with Gasteiger partial charge in [0.25, 0.3) is 0 Å². The lowest BCUT2D eigenvalue weighted by Gasteiger charge is -2.36. The third kappa shape index (κ3) is 2.26. The second-order valence-electron chi connectivity index (χ2n) is 5.31. The maximum absolute atomic E-state index is 4.14. The van der Waals surface area contributed by atoms with Crippen LogP contribution in [0.4, 0.5) is 0 Å². The highest BCUT2D eigenvalue weighted by Crippen LogP contribution is 2.41. The molecular weight excluding hydrogens is 196 g/mol. The van der Waals surface area contributed by atoms with Gasteiger partial charge in [-0.2, -0.15) is 5.10 Å². The maximum atomic E-state index is 4.14. The van der Waals surface area contributed by atoms with Gasteiger partial charge in [-0.3, -0.25) is 5.10 Å². The van der Waals surface area contributed by atoms with E-state index in [-0.39, 0.29) is 0 Å². The molecule has 0 fully saturated rings. The van der Waals surface area contributed by atoms with Crippen LogP contribution in [0.25, 0.3) is 6.08 Å². The SMILES string of the molecule is CC1=CCCC(C)(C)C1/C=C/c1cc[nH]n1. The molecule has 2 nitrogen and oxygen atoms in total. The second-order valence-corrected chi connectivity index (χ2v) is 5.31. The largest absolute Gasteiger partial charge is 0.285 e. The predicted molar refractivity (Wildman–Crippen MR) is 67.9 cm³/mol. The van der Waals surface area contributed by atoms with Crippen molar-refractivity contribution < 1.29 is 0 Å². The average Bonchev–Trinajstić information content (AvgIpc) is 2.68. The quantitative estimate of drug-likeness (QED) is 0.748. The molecule has 0 aliphatic heterocycles. The molecule has 0 amide bonds. The number of allylic oxidation sites excluding steroid dienone is 3. The molecule has 86 valence electrons. The summed E-state index contributed by atoms with van der Waals surface area (Å²) in [5.41, 5.74) is 2.86. The number of nitrogens with zero attached hydrogens (tertiary/aromatic N) is 1. The number of H-pyrrole nitrogens is 1. The van der Waals surface area contributed by atoms with Gasteiger partial charge in [-0.05, 0) is 37.3 Å². The Kier molecular flexibility index (Phi) is 2.99. The van der Waals surface area contributed by atoms with Crippen molar-refractivity contribution in [2.45, 2.75) is 33.6 Å². The molecule has 2 rings (SSSR count). The highest BCUT2D eigenvalue weighted by atomic mass is 15.1. The lowest BCUT2D eigenvalue weighted by atomic mass is 9.68. The summed E-state index contributed by atoms with van der Waals surface area (Å²) in [4.78, 5) is 0. The van der Waals surface area contributed by atoms with E-state index in [2.05, 4.69) is 49.2 Å². The molecule has 0 radical (unpaired) electrons. The standard InChI is InChI=1S/C14H20N2/c1-11-5-4-9-14(2,3)13(11)7-6-12-8-10-15-16-12/h5-8,10,13H,4,9H2,1-3H3,(H,15,16)/b7-6+. The number of hydrogen-bond acceptors (Lipinski definition) is 1. The molecule has 1 atom stereocenters. The van der Waals surface area contributed by atoms with Crippen LogP contribution >= 0.6 is 0 Å². The first kappa shape index (κ1) is 11.2. The summed E-state index contributed by atoms with van der Waals surface area (Å²) < 4.78 is 0. The van der Waals surface area contributed by atoms with E-state index in [1.807, 2.05) is 12.3 Å². The van der Waals surface area contributed by atoms with Crippen molar-refractivity contribution in [1.82, 2.24) is 10.2 Å². The maximum Gasteiger partial charge on any atom is 0.0845 e. The molecule has 0 saturated carbocycles.